The van der Waals surface area contributed by atoms with E-state index in [2.05, 4.69) is 10.2 Å². The molecule has 1 aromatic heterocycles. The average Bonchev–Trinajstić information content (AvgIpc) is 3.32. The Kier molecular flexibility index (Phi) is 8.69. The number of non-ortho nitro benzene ring substituents is 2. The summed E-state index contributed by atoms with van der Waals surface area (Å²) in [6, 6.07) is 10.4. The third-order valence-corrected chi connectivity index (χ3v) is 6.93. The summed E-state index contributed by atoms with van der Waals surface area (Å²) in [7, 11) is -9.01. The van der Waals surface area contributed by atoms with Crippen LogP contribution in [0.15, 0.2) is 70.5 Å². The van der Waals surface area contributed by atoms with Gasteiger partial charge in [-0.15, -0.1) is 0 Å². The van der Waals surface area contributed by atoms with Crippen molar-refractivity contribution in [1.29, 1.82) is 0 Å². The summed E-state index contributed by atoms with van der Waals surface area (Å²) in [5.41, 5.74) is -0.868. The monoisotopic (exact) mass is 602 g/mol. The van der Waals surface area contributed by atoms with Gasteiger partial charge in [0, 0.05) is 29.1 Å². The zero-order valence-corrected chi connectivity index (χ0v) is 23.9. The van der Waals surface area contributed by atoms with Crippen LogP contribution in [-0.4, -0.2) is 57.9 Å². The molecule has 20 heteroatoms. The van der Waals surface area contributed by atoms with Crippen LogP contribution in [0.1, 0.15) is 1.43 Å². The Balaban J connectivity index is 0.00000294. The maximum Gasteiger partial charge on any atom is 1.00 e. The molecule has 1 N–H and O–H groups in total. The summed E-state index contributed by atoms with van der Waals surface area (Å²) in [5, 5.41) is 30.7. The van der Waals surface area contributed by atoms with Gasteiger partial charge in [-0.1, -0.05) is 0 Å². The van der Waals surface area contributed by atoms with E-state index in [0.29, 0.717) is 6.07 Å². The van der Waals surface area contributed by atoms with Gasteiger partial charge in [-0.25, -0.2) is 8.42 Å². The first-order valence-corrected chi connectivity index (χ1v) is 13.1. The van der Waals surface area contributed by atoms with Crippen LogP contribution >= 0.6 is 0 Å². The Hall–Kier alpha value is -3.85. The van der Waals surface area contributed by atoms with Gasteiger partial charge in [-0.3, -0.25) is 24.8 Å². The fraction of sp³-hybridized carbons (Fsp3) is 0.0500. The maximum atomic E-state index is 12.0. The second-order valence-electron chi connectivity index (χ2n) is 7.58. The number of benzene rings is 3. The number of nitro benzene ring substituents is 2. The molecule has 0 fully saturated rings. The fourth-order valence-electron chi connectivity index (χ4n) is 3.42. The molecule has 0 radical (unpaired) electrons. The van der Waals surface area contributed by atoms with Crippen LogP contribution in [0.5, 0.6) is 5.75 Å². The third kappa shape index (κ3) is 6.14. The first-order valence-electron chi connectivity index (χ1n) is 10.3. The Morgan fingerprint density at radius 3 is 2.08 bits per heavy atom. The minimum Gasteiger partial charge on any atom is -1.00 e. The van der Waals surface area contributed by atoms with E-state index in [1.165, 1.54) is 25.3 Å². The molecule has 0 aliphatic carbocycles. The molecule has 0 bridgehead atoms. The van der Waals surface area contributed by atoms with Gasteiger partial charge in [0.05, 0.1) is 43.5 Å². The SMILES string of the molecule is COc1cc([N+](=O)[O-])ccc1-[n+]1nc(-c2ccc(S(=O)(=O)O)cc2S(=O)(=O)[O-])nn1-c1ccc([N+](=O)[O-])cc1.[H-].[Na+]. The number of nitrogens with zero attached hydrogens (tertiary/aromatic N) is 6. The van der Waals surface area contributed by atoms with Gasteiger partial charge in [0.15, 0.2) is 5.75 Å². The van der Waals surface area contributed by atoms with Crippen LogP contribution in [0.2, 0.25) is 0 Å². The van der Waals surface area contributed by atoms with Crippen LogP contribution in [0.3, 0.4) is 0 Å². The molecule has 0 saturated carbocycles. The van der Waals surface area contributed by atoms with Gasteiger partial charge < -0.3 is 10.7 Å². The predicted octanol–water partition coefficient (Wildman–Crippen LogP) is -1.70. The van der Waals surface area contributed by atoms with Crippen LogP contribution < -0.4 is 39.1 Å². The van der Waals surface area contributed by atoms with Crippen molar-refractivity contribution in [2.45, 2.75) is 9.79 Å². The van der Waals surface area contributed by atoms with Crippen molar-refractivity contribution in [3.63, 3.8) is 0 Å². The van der Waals surface area contributed by atoms with Gasteiger partial charge in [0.2, 0.25) is 5.69 Å². The van der Waals surface area contributed by atoms with Gasteiger partial charge in [0.1, 0.15) is 15.8 Å². The van der Waals surface area contributed by atoms with Crippen molar-refractivity contribution in [3.8, 4) is 28.5 Å². The summed E-state index contributed by atoms with van der Waals surface area (Å²) in [4.78, 5) is 21.1. The minimum absolute atomic E-state index is 0. The van der Waals surface area contributed by atoms with E-state index < -0.39 is 51.3 Å². The first-order chi connectivity index (χ1) is 18.2. The van der Waals surface area contributed by atoms with E-state index in [9.17, 15) is 46.2 Å². The largest absolute Gasteiger partial charge is 1.00 e. The maximum absolute atomic E-state index is 12.0. The number of ether oxygens (including phenoxy) is 1. The molecule has 4 aromatic rings. The number of hydrogen-bond donors (Lipinski definition) is 1. The molecule has 0 aliphatic rings. The van der Waals surface area contributed by atoms with Gasteiger partial charge in [-0.05, 0) is 40.2 Å². The topological polar surface area (TPSA) is 242 Å². The van der Waals surface area contributed by atoms with E-state index in [0.717, 1.165) is 46.0 Å². The molecular weight excluding hydrogens is 587 g/mol. The summed E-state index contributed by atoms with van der Waals surface area (Å²) in [6.07, 6.45) is 0. The molecule has 0 spiro atoms. The van der Waals surface area contributed by atoms with E-state index >= 15 is 0 Å². The molecule has 204 valence electrons. The van der Waals surface area contributed by atoms with Crippen LogP contribution in [0, 0.1) is 20.2 Å². The Bertz CT molecular complexity index is 1870. The Labute approximate surface area is 248 Å². The van der Waals surface area contributed by atoms with Crippen molar-refractivity contribution in [1.82, 2.24) is 15.0 Å². The summed E-state index contributed by atoms with van der Waals surface area (Å²) >= 11 is 0. The predicted molar refractivity (Wildman–Crippen MR) is 127 cm³/mol. The number of rotatable bonds is 8. The Morgan fingerprint density at radius 1 is 0.950 bits per heavy atom. The van der Waals surface area contributed by atoms with Crippen molar-refractivity contribution in [3.05, 3.63) is 80.9 Å². The van der Waals surface area contributed by atoms with Crippen molar-refractivity contribution >= 4 is 31.6 Å². The molecule has 1 heterocycles. The molecule has 0 aliphatic heterocycles. The molecular formula is C20H15N6NaO11S2. The summed E-state index contributed by atoms with van der Waals surface area (Å²) in [6.45, 7) is 0. The first kappa shape index (κ1) is 30.7. The van der Waals surface area contributed by atoms with Crippen LogP contribution in [0.25, 0.3) is 22.8 Å². The third-order valence-electron chi connectivity index (χ3n) is 5.20. The number of hydrogen-bond acceptors (Lipinski definition) is 12. The Morgan fingerprint density at radius 2 is 1.55 bits per heavy atom. The zero-order chi connectivity index (χ0) is 28.7. The van der Waals surface area contributed by atoms with Gasteiger partial charge in [-0.2, -0.15) is 8.42 Å². The van der Waals surface area contributed by atoms with E-state index in [-0.39, 0.29) is 59.5 Å². The second-order valence-corrected chi connectivity index (χ2v) is 10.3. The quantitative estimate of drug-likeness (QED) is 0.0778. The molecule has 0 unspecified atom stereocenters. The summed E-state index contributed by atoms with van der Waals surface area (Å²) in [5.74, 6) is -0.514. The van der Waals surface area contributed by atoms with Gasteiger partial charge >= 0.3 is 35.4 Å². The standard InChI is InChI=1S/C20H14N6O11S2.Na.H/c1-37-18-10-14(26(29)30)6-9-17(18)24-22-20(21-23(24)12-2-4-13(5-3-12)25(27)28)16-8-7-15(38(31,32)33)11-19(16)39(34,35)36;;/h2-11H,1H3,(H-,31,32,33,34,35,36);;/q;+1;-1. The van der Waals surface area contributed by atoms with Crippen molar-refractivity contribution < 1.29 is 76.3 Å². The van der Waals surface area contributed by atoms with Crippen LogP contribution in [-0.2, 0) is 20.2 Å². The van der Waals surface area contributed by atoms with Crippen molar-refractivity contribution in [2.24, 2.45) is 0 Å². The second kappa shape index (κ2) is 11.3. The molecule has 4 rings (SSSR count). The van der Waals surface area contributed by atoms with E-state index in [1.54, 1.807) is 0 Å². The van der Waals surface area contributed by atoms with Crippen molar-refractivity contribution in [2.75, 3.05) is 7.11 Å². The average molecular weight is 602 g/mol. The molecule has 17 nitrogen and oxygen atoms in total. The van der Waals surface area contributed by atoms with E-state index in [1.807, 2.05) is 0 Å². The summed E-state index contributed by atoms with van der Waals surface area (Å²) < 4.78 is 73.5. The minimum atomic E-state index is -5.34. The number of tetrazole rings is 1. The van der Waals surface area contributed by atoms with Gasteiger partial charge in [0.25, 0.3) is 21.5 Å². The smallest absolute Gasteiger partial charge is 1.00 e. The molecule has 0 atom stereocenters. The molecule has 0 amide bonds. The zero-order valence-electron chi connectivity index (χ0n) is 21.3. The number of aromatic nitrogens is 4. The normalized spacial score (nSPS) is 11.5. The number of methoxy groups -OCH3 is 1. The molecule has 3 aromatic carbocycles. The fourth-order valence-corrected chi connectivity index (χ4v) is 4.70. The molecule has 0 saturated heterocycles. The molecule has 40 heavy (non-hydrogen) atoms. The van der Waals surface area contributed by atoms with E-state index in [4.69, 9.17) is 4.74 Å². The van der Waals surface area contributed by atoms with Crippen LogP contribution in [0.4, 0.5) is 11.4 Å². The number of nitro groups is 2.